The van der Waals surface area contributed by atoms with Crippen molar-refractivity contribution in [3.05, 3.63) is 28.3 Å². The van der Waals surface area contributed by atoms with E-state index in [1.165, 1.54) is 20.2 Å². The summed E-state index contributed by atoms with van der Waals surface area (Å²) in [5.74, 6) is 0.213. The quantitative estimate of drug-likeness (QED) is 0.606. The number of methoxy groups -OCH3 is 1. The number of rotatable bonds is 6. The lowest BCUT2D eigenvalue weighted by atomic mass is 10.3. The molecule has 1 atom stereocenters. The minimum absolute atomic E-state index is 0.111. The van der Waals surface area contributed by atoms with E-state index in [0.717, 1.165) is 16.4 Å². The Morgan fingerprint density at radius 1 is 1.50 bits per heavy atom. The first kappa shape index (κ1) is 16.3. The summed E-state index contributed by atoms with van der Waals surface area (Å²) < 4.78 is 30.6. The molecule has 20 heavy (non-hydrogen) atoms. The Morgan fingerprint density at radius 3 is 2.55 bits per heavy atom. The fourth-order valence-electron chi connectivity index (χ4n) is 1.53. The van der Waals surface area contributed by atoms with E-state index in [9.17, 15) is 18.5 Å². The number of benzene rings is 1. The molecule has 0 saturated heterocycles. The molecule has 1 aromatic rings. The van der Waals surface area contributed by atoms with Crippen LogP contribution in [0, 0.1) is 10.1 Å². The number of sulfonamides is 1. The Hall–Kier alpha value is -1.71. The molecule has 0 saturated carbocycles. The number of hydrogen-bond donors (Lipinski definition) is 1. The average molecular weight is 303 g/mol. The van der Waals surface area contributed by atoms with Gasteiger partial charge in [-0.05, 0) is 19.1 Å². The summed E-state index contributed by atoms with van der Waals surface area (Å²) in [6, 6.07) is 3.13. The lowest BCUT2D eigenvalue weighted by Gasteiger charge is -2.22. The van der Waals surface area contributed by atoms with E-state index in [0.29, 0.717) is 0 Å². The van der Waals surface area contributed by atoms with Gasteiger partial charge >= 0.3 is 0 Å². The van der Waals surface area contributed by atoms with E-state index in [-0.39, 0.29) is 17.2 Å². The molecule has 9 heteroatoms. The smallest absolute Gasteiger partial charge is 0.293 e. The van der Waals surface area contributed by atoms with Crippen LogP contribution in [-0.4, -0.2) is 44.4 Å². The molecule has 8 nitrogen and oxygen atoms in total. The van der Waals surface area contributed by atoms with Crippen molar-refractivity contribution in [2.24, 2.45) is 5.73 Å². The number of nitro groups is 1. The van der Waals surface area contributed by atoms with Crippen molar-refractivity contribution in [1.82, 2.24) is 4.31 Å². The van der Waals surface area contributed by atoms with Gasteiger partial charge in [-0.1, -0.05) is 0 Å². The summed E-state index contributed by atoms with van der Waals surface area (Å²) in [5.41, 5.74) is 4.90. The summed E-state index contributed by atoms with van der Waals surface area (Å²) in [6.07, 6.45) is 0. The van der Waals surface area contributed by atoms with Crippen molar-refractivity contribution in [3.8, 4) is 5.75 Å². The molecular weight excluding hydrogens is 286 g/mol. The SMILES string of the molecule is COc1ccc(S(=O)(=O)N(C)C(C)CN)c([N+](=O)[O-])c1. The predicted octanol–water partition coefficient (Wildman–Crippen LogP) is 0.571. The summed E-state index contributed by atoms with van der Waals surface area (Å²) >= 11 is 0. The van der Waals surface area contributed by atoms with Gasteiger partial charge in [0.2, 0.25) is 10.0 Å². The van der Waals surface area contributed by atoms with Crippen LogP contribution in [0.3, 0.4) is 0 Å². The van der Waals surface area contributed by atoms with Crippen LogP contribution in [0.2, 0.25) is 0 Å². The van der Waals surface area contributed by atoms with Crippen LogP contribution < -0.4 is 10.5 Å². The molecule has 0 heterocycles. The van der Waals surface area contributed by atoms with Crippen molar-refractivity contribution in [2.75, 3.05) is 20.7 Å². The third kappa shape index (κ3) is 3.06. The van der Waals surface area contributed by atoms with Crippen molar-refractivity contribution in [2.45, 2.75) is 17.9 Å². The van der Waals surface area contributed by atoms with E-state index in [1.54, 1.807) is 6.92 Å². The van der Waals surface area contributed by atoms with Gasteiger partial charge in [-0.15, -0.1) is 0 Å². The van der Waals surface area contributed by atoms with E-state index >= 15 is 0 Å². The number of ether oxygens (including phenoxy) is 1. The average Bonchev–Trinajstić information content (AvgIpc) is 2.44. The summed E-state index contributed by atoms with van der Waals surface area (Å²) in [4.78, 5) is 9.90. The summed E-state index contributed by atoms with van der Waals surface area (Å²) in [7, 11) is -1.32. The molecule has 0 bridgehead atoms. The minimum Gasteiger partial charge on any atom is -0.497 e. The molecule has 0 amide bonds. The largest absolute Gasteiger partial charge is 0.497 e. The Bertz CT molecular complexity index is 602. The molecule has 1 aromatic carbocycles. The van der Waals surface area contributed by atoms with Gasteiger partial charge in [-0.25, -0.2) is 8.42 Å². The predicted molar refractivity (Wildman–Crippen MR) is 73.1 cm³/mol. The maximum absolute atomic E-state index is 12.4. The van der Waals surface area contributed by atoms with Crippen LogP contribution in [0.5, 0.6) is 5.75 Å². The Kier molecular flexibility index (Phi) is 5.03. The third-order valence-electron chi connectivity index (χ3n) is 2.98. The fourth-order valence-corrected chi connectivity index (χ4v) is 3.03. The van der Waals surface area contributed by atoms with E-state index in [4.69, 9.17) is 10.5 Å². The molecule has 0 fully saturated rings. The van der Waals surface area contributed by atoms with Crippen molar-refractivity contribution in [1.29, 1.82) is 0 Å². The molecule has 0 aromatic heterocycles. The van der Waals surface area contributed by atoms with Gasteiger partial charge in [0.1, 0.15) is 5.75 Å². The number of likely N-dealkylation sites (N-methyl/N-ethyl adjacent to an activating group) is 1. The second kappa shape index (κ2) is 6.16. The Labute approximate surface area is 117 Å². The maximum Gasteiger partial charge on any atom is 0.293 e. The van der Waals surface area contributed by atoms with E-state index in [1.807, 2.05) is 0 Å². The zero-order chi connectivity index (χ0) is 15.5. The van der Waals surface area contributed by atoms with Gasteiger partial charge in [-0.3, -0.25) is 10.1 Å². The second-order valence-corrected chi connectivity index (χ2v) is 6.16. The number of nitro benzene ring substituents is 1. The van der Waals surface area contributed by atoms with Crippen LogP contribution in [0.15, 0.2) is 23.1 Å². The van der Waals surface area contributed by atoms with E-state index in [2.05, 4.69) is 0 Å². The maximum atomic E-state index is 12.4. The van der Waals surface area contributed by atoms with Crippen LogP contribution in [-0.2, 0) is 10.0 Å². The van der Waals surface area contributed by atoms with Crippen molar-refractivity contribution in [3.63, 3.8) is 0 Å². The molecule has 0 spiro atoms. The lowest BCUT2D eigenvalue weighted by Crippen LogP contribution is -2.39. The van der Waals surface area contributed by atoms with Crippen LogP contribution in [0.1, 0.15) is 6.92 Å². The minimum atomic E-state index is -3.99. The highest BCUT2D eigenvalue weighted by molar-refractivity contribution is 7.89. The number of nitrogens with two attached hydrogens (primary N) is 1. The highest BCUT2D eigenvalue weighted by Crippen LogP contribution is 2.30. The van der Waals surface area contributed by atoms with Gasteiger partial charge in [0.05, 0.1) is 18.1 Å². The Morgan fingerprint density at radius 2 is 2.10 bits per heavy atom. The molecule has 112 valence electrons. The first-order valence-electron chi connectivity index (χ1n) is 5.76. The molecule has 0 aliphatic carbocycles. The first-order valence-corrected chi connectivity index (χ1v) is 7.20. The van der Waals surface area contributed by atoms with E-state index < -0.39 is 26.7 Å². The molecule has 0 aliphatic rings. The molecule has 0 radical (unpaired) electrons. The summed E-state index contributed by atoms with van der Waals surface area (Å²) in [6.45, 7) is 1.73. The van der Waals surface area contributed by atoms with Gasteiger partial charge in [0.25, 0.3) is 5.69 Å². The second-order valence-electron chi connectivity index (χ2n) is 4.20. The van der Waals surface area contributed by atoms with Crippen LogP contribution in [0.25, 0.3) is 0 Å². The first-order chi connectivity index (χ1) is 9.25. The monoisotopic (exact) mass is 303 g/mol. The van der Waals surface area contributed by atoms with Crippen LogP contribution in [0.4, 0.5) is 5.69 Å². The zero-order valence-electron chi connectivity index (χ0n) is 11.4. The molecular formula is C11H17N3O5S. The fraction of sp³-hybridized carbons (Fsp3) is 0.455. The summed E-state index contributed by atoms with van der Waals surface area (Å²) in [5, 5.41) is 11.0. The van der Waals surface area contributed by atoms with Gasteiger partial charge in [-0.2, -0.15) is 4.31 Å². The zero-order valence-corrected chi connectivity index (χ0v) is 12.3. The van der Waals surface area contributed by atoms with Gasteiger partial charge in [0, 0.05) is 19.6 Å². The highest BCUT2D eigenvalue weighted by atomic mass is 32.2. The topological polar surface area (TPSA) is 116 Å². The van der Waals surface area contributed by atoms with Crippen LogP contribution >= 0.6 is 0 Å². The van der Waals surface area contributed by atoms with Crippen molar-refractivity contribution >= 4 is 15.7 Å². The van der Waals surface area contributed by atoms with Crippen molar-refractivity contribution < 1.29 is 18.1 Å². The normalized spacial score (nSPS) is 13.2. The molecule has 1 unspecified atom stereocenters. The molecule has 0 aliphatic heterocycles. The standard InChI is InChI=1S/C11H17N3O5S/c1-8(7-12)13(2)20(17,18)11-5-4-9(19-3)6-10(11)14(15)16/h4-6,8H,7,12H2,1-3H3. The number of hydrogen-bond acceptors (Lipinski definition) is 6. The number of nitrogens with zero attached hydrogens (tertiary/aromatic N) is 2. The molecule has 2 N–H and O–H groups in total. The Balaban J connectivity index is 3.42. The third-order valence-corrected chi connectivity index (χ3v) is 5.00. The lowest BCUT2D eigenvalue weighted by molar-refractivity contribution is -0.387. The highest BCUT2D eigenvalue weighted by Gasteiger charge is 2.32. The molecule has 1 rings (SSSR count). The van der Waals surface area contributed by atoms with Gasteiger partial charge < -0.3 is 10.5 Å². The van der Waals surface area contributed by atoms with Gasteiger partial charge in [0.15, 0.2) is 4.90 Å².